The Morgan fingerprint density at radius 1 is 0.962 bits per heavy atom. The van der Waals surface area contributed by atoms with Crippen molar-refractivity contribution in [3.63, 3.8) is 0 Å². The van der Waals surface area contributed by atoms with Crippen molar-refractivity contribution < 1.29 is 50.2 Å². The smallest absolute Gasteiger partial charge is 0.378 e. The van der Waals surface area contributed by atoms with Crippen LogP contribution in [0.3, 0.4) is 0 Å². The van der Waals surface area contributed by atoms with Crippen LogP contribution in [0.15, 0.2) is 54.9 Å². The molecule has 4 aliphatic heterocycles. The molecular formula is C35H34F6N6O5. The molecule has 0 saturated carbocycles. The topological polar surface area (TPSA) is 109 Å². The molecule has 4 amide bonds. The predicted octanol–water partition coefficient (Wildman–Crippen LogP) is 4.33. The SMILES string of the molecule is O=C1N[C@]2(CC(F)(F)c3cc(-c4cnn(C5CCN(C6COC6)CC5)c4)ccc32)C(=O)N1CC(=O)N(Cc1ccc(F)cc1)C1(C(F)(F)F)COC1. The third-order valence-corrected chi connectivity index (χ3v) is 11.1. The van der Waals surface area contributed by atoms with E-state index >= 15 is 8.78 Å². The summed E-state index contributed by atoms with van der Waals surface area (Å²) in [6.07, 6.45) is -0.978. The Balaban J connectivity index is 1.02. The predicted molar refractivity (Wildman–Crippen MR) is 169 cm³/mol. The molecule has 1 N–H and O–H groups in total. The van der Waals surface area contributed by atoms with Crippen LogP contribution >= 0.6 is 0 Å². The number of nitrogens with one attached hydrogen (secondary N) is 1. The number of imide groups is 1. The van der Waals surface area contributed by atoms with Crippen molar-refractivity contribution in [1.29, 1.82) is 0 Å². The van der Waals surface area contributed by atoms with E-state index in [4.69, 9.17) is 9.47 Å². The molecule has 0 bridgehead atoms. The Kier molecular flexibility index (Phi) is 8.18. The molecule has 2 aromatic carbocycles. The normalized spacial score (nSPS) is 24.5. The van der Waals surface area contributed by atoms with E-state index in [9.17, 15) is 31.9 Å². The number of urea groups is 1. The van der Waals surface area contributed by atoms with E-state index in [0.717, 1.165) is 51.3 Å². The molecule has 8 rings (SSSR count). The summed E-state index contributed by atoms with van der Waals surface area (Å²) in [5.74, 6) is -6.69. The zero-order valence-corrected chi connectivity index (χ0v) is 27.7. The standard InChI is InChI=1S/C35H34F6N6O5/c36-24-4-1-21(2-5-24)13-46(32(19-52-20-32)35(39,40)41)29(48)15-45-30(49)33(43-31(45)50)18-34(37,38)28-11-22(3-6-27(28)33)23-12-42-47(14-23)25-7-9-44(10-8-25)26-16-51-17-26/h1-6,11-12,14,25-26H,7-10,13,15-20H2,(H,43,50)/t33-/m0/s1. The highest BCUT2D eigenvalue weighted by atomic mass is 19.4. The quantitative estimate of drug-likeness (QED) is 0.272. The number of fused-ring (bicyclic) bond motifs is 2. The summed E-state index contributed by atoms with van der Waals surface area (Å²) in [6, 6.07) is 7.95. The van der Waals surface area contributed by atoms with E-state index < -0.39 is 85.1 Å². The molecule has 5 heterocycles. The lowest BCUT2D eigenvalue weighted by Gasteiger charge is -2.50. The average molecular weight is 733 g/mol. The van der Waals surface area contributed by atoms with E-state index in [1.165, 1.54) is 24.3 Å². The molecule has 11 nitrogen and oxygen atoms in total. The Hall–Kier alpha value is -4.48. The molecule has 4 saturated heterocycles. The fourth-order valence-electron chi connectivity index (χ4n) is 7.87. The highest BCUT2D eigenvalue weighted by Crippen LogP contribution is 2.54. The average Bonchev–Trinajstić information content (AvgIpc) is 3.69. The van der Waals surface area contributed by atoms with Gasteiger partial charge in [0.05, 0.1) is 51.1 Å². The number of aromatic nitrogens is 2. The second-order valence-electron chi connectivity index (χ2n) is 14.2. The first kappa shape index (κ1) is 34.6. The summed E-state index contributed by atoms with van der Waals surface area (Å²) >= 11 is 0. The maximum absolute atomic E-state index is 15.8. The van der Waals surface area contributed by atoms with Crippen molar-refractivity contribution in [2.24, 2.45) is 0 Å². The number of hydrogen-bond donors (Lipinski definition) is 1. The van der Waals surface area contributed by atoms with Crippen LogP contribution in [0.2, 0.25) is 0 Å². The highest BCUT2D eigenvalue weighted by Gasteiger charge is 2.67. The zero-order valence-electron chi connectivity index (χ0n) is 27.7. The number of amides is 4. The second kappa shape index (κ2) is 12.3. The lowest BCUT2D eigenvalue weighted by Crippen LogP contribution is -2.72. The number of benzene rings is 2. The minimum atomic E-state index is -4.97. The van der Waals surface area contributed by atoms with Gasteiger partial charge in [0.2, 0.25) is 5.91 Å². The monoisotopic (exact) mass is 732 g/mol. The Morgan fingerprint density at radius 3 is 2.29 bits per heavy atom. The third kappa shape index (κ3) is 5.55. The van der Waals surface area contributed by atoms with Gasteiger partial charge in [-0.1, -0.05) is 24.3 Å². The summed E-state index contributed by atoms with van der Waals surface area (Å²) in [7, 11) is 0. The van der Waals surface area contributed by atoms with Crippen molar-refractivity contribution in [2.45, 2.75) is 61.1 Å². The van der Waals surface area contributed by atoms with E-state index in [1.807, 2.05) is 4.68 Å². The van der Waals surface area contributed by atoms with E-state index in [0.29, 0.717) is 27.0 Å². The Morgan fingerprint density at radius 2 is 1.67 bits per heavy atom. The van der Waals surface area contributed by atoms with Crippen LogP contribution in [-0.4, -0.2) is 106 Å². The van der Waals surface area contributed by atoms with Gasteiger partial charge in [0.15, 0.2) is 11.1 Å². The first-order valence-electron chi connectivity index (χ1n) is 16.9. The zero-order chi connectivity index (χ0) is 36.6. The molecule has 1 spiro atoms. The first-order valence-corrected chi connectivity index (χ1v) is 16.9. The van der Waals surface area contributed by atoms with Crippen molar-refractivity contribution in [3.8, 4) is 11.1 Å². The van der Waals surface area contributed by atoms with Gasteiger partial charge in [-0.15, -0.1) is 0 Å². The van der Waals surface area contributed by atoms with Gasteiger partial charge in [0, 0.05) is 37.0 Å². The van der Waals surface area contributed by atoms with Crippen molar-refractivity contribution in [1.82, 2.24) is 29.8 Å². The van der Waals surface area contributed by atoms with Crippen LogP contribution in [0.4, 0.5) is 31.1 Å². The van der Waals surface area contributed by atoms with E-state index in [1.54, 1.807) is 18.5 Å². The molecule has 4 fully saturated rings. The number of rotatable bonds is 8. The molecule has 52 heavy (non-hydrogen) atoms. The molecule has 5 aliphatic rings. The maximum Gasteiger partial charge on any atom is 0.416 e. The third-order valence-electron chi connectivity index (χ3n) is 11.1. The van der Waals surface area contributed by atoms with Gasteiger partial charge in [-0.3, -0.25) is 24.1 Å². The Labute approximate surface area is 293 Å². The van der Waals surface area contributed by atoms with Crippen LogP contribution < -0.4 is 5.32 Å². The summed E-state index contributed by atoms with van der Waals surface area (Å²) in [6.45, 7) is -0.332. The van der Waals surface area contributed by atoms with Crippen molar-refractivity contribution in [2.75, 3.05) is 46.1 Å². The number of hydrogen-bond acceptors (Lipinski definition) is 7. The van der Waals surface area contributed by atoms with Crippen LogP contribution in [0, 0.1) is 5.82 Å². The lowest BCUT2D eigenvalue weighted by molar-refractivity contribution is -0.302. The molecule has 0 radical (unpaired) electrons. The summed E-state index contributed by atoms with van der Waals surface area (Å²) in [5.41, 5.74) is -4.53. The highest BCUT2D eigenvalue weighted by molar-refractivity contribution is 6.10. The van der Waals surface area contributed by atoms with Crippen LogP contribution in [0.5, 0.6) is 0 Å². The molecule has 276 valence electrons. The number of carbonyl (C=O) groups excluding carboxylic acids is 3. The Bertz CT molecular complexity index is 1900. The lowest BCUT2D eigenvalue weighted by atomic mass is 9.90. The number of carbonyl (C=O) groups is 3. The van der Waals surface area contributed by atoms with Crippen LogP contribution in [-0.2, 0) is 37.1 Å². The minimum Gasteiger partial charge on any atom is -0.378 e. The minimum absolute atomic E-state index is 0.139. The fourth-order valence-corrected chi connectivity index (χ4v) is 7.87. The van der Waals surface area contributed by atoms with E-state index in [2.05, 4.69) is 15.3 Å². The van der Waals surface area contributed by atoms with Gasteiger partial charge in [-0.25, -0.2) is 18.0 Å². The maximum atomic E-state index is 15.8. The summed E-state index contributed by atoms with van der Waals surface area (Å²) < 4.78 is 100. The van der Waals surface area contributed by atoms with Gasteiger partial charge < -0.3 is 19.7 Å². The van der Waals surface area contributed by atoms with Crippen LogP contribution in [0.1, 0.15) is 42.0 Å². The molecule has 17 heteroatoms. The summed E-state index contributed by atoms with van der Waals surface area (Å²) in [4.78, 5) is 44.0. The van der Waals surface area contributed by atoms with Crippen molar-refractivity contribution in [3.05, 3.63) is 77.4 Å². The molecule has 3 aromatic rings. The number of likely N-dealkylation sites (tertiary alicyclic amines) is 1. The van der Waals surface area contributed by atoms with Crippen molar-refractivity contribution >= 4 is 17.8 Å². The molecular weight excluding hydrogens is 698 g/mol. The molecule has 0 unspecified atom stereocenters. The van der Waals surface area contributed by atoms with Gasteiger partial charge in [-0.2, -0.15) is 18.3 Å². The largest absolute Gasteiger partial charge is 0.416 e. The second-order valence-corrected chi connectivity index (χ2v) is 14.2. The number of piperidine rings is 1. The summed E-state index contributed by atoms with van der Waals surface area (Å²) in [5, 5.41) is 6.84. The van der Waals surface area contributed by atoms with Gasteiger partial charge in [-0.05, 0) is 47.7 Å². The molecule has 1 aromatic heterocycles. The van der Waals surface area contributed by atoms with Gasteiger partial charge in [0.25, 0.3) is 11.8 Å². The van der Waals surface area contributed by atoms with Gasteiger partial charge in [0.1, 0.15) is 12.4 Å². The van der Waals surface area contributed by atoms with Crippen LogP contribution in [0.25, 0.3) is 11.1 Å². The first-order chi connectivity index (χ1) is 24.7. The number of nitrogens with zero attached hydrogens (tertiary/aromatic N) is 5. The fraction of sp³-hybridized carbons (Fsp3) is 0.486. The number of halogens is 6. The number of alkyl halides is 5. The molecule has 1 atom stereocenters. The number of ether oxygens (including phenoxy) is 2. The van der Waals surface area contributed by atoms with E-state index in [-0.39, 0.29) is 17.2 Å². The molecule has 1 aliphatic carbocycles. The van der Waals surface area contributed by atoms with Gasteiger partial charge >= 0.3 is 12.2 Å².